The van der Waals surface area contributed by atoms with Gasteiger partial charge in [-0.3, -0.25) is 14.2 Å². The second-order valence-electron chi connectivity index (χ2n) is 4.72. The number of hydrogen-bond acceptors (Lipinski definition) is 4. The fraction of sp³-hybridized carbons (Fsp3) is 0.462. The monoisotopic (exact) mass is 295 g/mol. The lowest BCUT2D eigenvalue weighted by atomic mass is 10.2. The van der Waals surface area contributed by atoms with Crippen molar-refractivity contribution >= 4 is 28.8 Å². The summed E-state index contributed by atoms with van der Waals surface area (Å²) in [6.45, 7) is 5.77. The molecule has 2 aromatic rings. The highest BCUT2D eigenvalue weighted by molar-refractivity contribution is 7.99. The Morgan fingerprint density at radius 3 is 2.90 bits per heavy atom. The number of aromatic amines is 1. The number of carbonyl (C=O) groups is 1. The van der Waals surface area contributed by atoms with E-state index >= 15 is 0 Å². The Balaban J connectivity index is 2.62. The predicted octanol–water partition coefficient (Wildman–Crippen LogP) is 2.18. The molecule has 0 aromatic carbocycles. The van der Waals surface area contributed by atoms with Gasteiger partial charge in [0.15, 0.2) is 5.16 Å². The number of rotatable bonds is 5. The molecular formula is C13H17N3O3S. The zero-order valence-electron chi connectivity index (χ0n) is 11.6. The number of nitrogens with zero attached hydrogens (tertiary/aromatic N) is 2. The molecule has 0 spiro atoms. The molecule has 0 saturated heterocycles. The molecule has 1 atom stereocenters. The van der Waals surface area contributed by atoms with Crippen LogP contribution in [0.15, 0.2) is 16.0 Å². The molecule has 108 valence electrons. The van der Waals surface area contributed by atoms with Crippen molar-refractivity contribution in [2.45, 2.75) is 38.4 Å². The van der Waals surface area contributed by atoms with Gasteiger partial charge in [0.05, 0.1) is 11.3 Å². The van der Waals surface area contributed by atoms with E-state index in [1.165, 1.54) is 0 Å². The van der Waals surface area contributed by atoms with Crippen molar-refractivity contribution in [3.8, 4) is 0 Å². The minimum Gasteiger partial charge on any atom is -0.481 e. The van der Waals surface area contributed by atoms with Gasteiger partial charge in [0.1, 0.15) is 5.52 Å². The Morgan fingerprint density at radius 2 is 2.30 bits per heavy atom. The second kappa shape index (κ2) is 5.70. The summed E-state index contributed by atoms with van der Waals surface area (Å²) >= 11 is 1.08. The molecule has 2 heterocycles. The summed E-state index contributed by atoms with van der Waals surface area (Å²) in [6.07, 6.45) is 0.771. The summed E-state index contributed by atoms with van der Waals surface area (Å²) in [5, 5.41) is 9.26. The Hall–Kier alpha value is -1.76. The van der Waals surface area contributed by atoms with Gasteiger partial charge < -0.3 is 10.1 Å². The molecule has 0 amide bonds. The van der Waals surface area contributed by atoms with E-state index in [0.29, 0.717) is 16.2 Å². The lowest BCUT2D eigenvalue weighted by Gasteiger charge is -2.16. The first kappa shape index (κ1) is 14.6. The zero-order valence-corrected chi connectivity index (χ0v) is 12.5. The van der Waals surface area contributed by atoms with E-state index < -0.39 is 5.97 Å². The minimum absolute atomic E-state index is 0.0284. The maximum Gasteiger partial charge on any atom is 0.313 e. The molecule has 6 nitrogen and oxygen atoms in total. The van der Waals surface area contributed by atoms with Crippen LogP contribution in [0, 0.1) is 6.92 Å². The number of nitrogens with one attached hydrogen (secondary N) is 1. The van der Waals surface area contributed by atoms with Gasteiger partial charge in [-0.25, -0.2) is 4.98 Å². The molecule has 0 aliphatic carbocycles. The summed E-state index contributed by atoms with van der Waals surface area (Å²) in [5.41, 5.74) is 1.77. The minimum atomic E-state index is -0.926. The molecule has 0 fully saturated rings. The van der Waals surface area contributed by atoms with Crippen molar-refractivity contribution in [3.05, 3.63) is 22.1 Å². The molecule has 0 saturated carbocycles. The fourth-order valence-corrected chi connectivity index (χ4v) is 2.81. The maximum absolute atomic E-state index is 12.5. The predicted molar refractivity (Wildman–Crippen MR) is 78.5 cm³/mol. The topological polar surface area (TPSA) is 88.0 Å². The van der Waals surface area contributed by atoms with Crippen LogP contribution in [0.4, 0.5) is 0 Å². The maximum atomic E-state index is 12.5. The van der Waals surface area contributed by atoms with Gasteiger partial charge in [-0.2, -0.15) is 0 Å². The number of carboxylic acids is 1. The molecule has 2 rings (SSSR count). The Kier molecular flexibility index (Phi) is 4.17. The first-order valence-electron chi connectivity index (χ1n) is 6.40. The molecule has 0 aliphatic heterocycles. The normalized spacial score (nSPS) is 12.8. The van der Waals surface area contributed by atoms with Crippen molar-refractivity contribution in [1.29, 1.82) is 0 Å². The van der Waals surface area contributed by atoms with Crippen LogP contribution in [0.5, 0.6) is 0 Å². The number of fused-ring (bicyclic) bond motifs is 1. The van der Waals surface area contributed by atoms with E-state index in [4.69, 9.17) is 5.11 Å². The first-order valence-corrected chi connectivity index (χ1v) is 7.39. The third-order valence-electron chi connectivity index (χ3n) is 3.14. The standard InChI is InChI=1S/C13H17N3O3S/c1-4-8(3)16-12(19)11-9(5-7(2)14-11)15-13(16)20-6-10(17)18/h5,8,14H,4,6H2,1-3H3,(H,17,18). The van der Waals surface area contributed by atoms with Crippen LogP contribution in [-0.4, -0.2) is 31.4 Å². The highest BCUT2D eigenvalue weighted by atomic mass is 32.2. The van der Waals surface area contributed by atoms with Gasteiger partial charge in [-0.05, 0) is 26.3 Å². The quantitative estimate of drug-likeness (QED) is 0.652. The summed E-state index contributed by atoms with van der Waals surface area (Å²) < 4.78 is 1.58. The van der Waals surface area contributed by atoms with Crippen LogP contribution in [0.1, 0.15) is 32.0 Å². The molecule has 1 unspecified atom stereocenters. The number of hydrogen-bond donors (Lipinski definition) is 2. The molecule has 0 bridgehead atoms. The van der Waals surface area contributed by atoms with Gasteiger partial charge in [0.25, 0.3) is 5.56 Å². The van der Waals surface area contributed by atoms with E-state index in [1.807, 2.05) is 20.8 Å². The third kappa shape index (κ3) is 2.72. The third-order valence-corrected chi connectivity index (χ3v) is 4.08. The summed E-state index contributed by atoms with van der Waals surface area (Å²) in [7, 11) is 0. The van der Waals surface area contributed by atoms with E-state index in [0.717, 1.165) is 23.9 Å². The van der Waals surface area contributed by atoms with E-state index in [2.05, 4.69) is 9.97 Å². The highest BCUT2D eigenvalue weighted by Gasteiger charge is 2.17. The fourth-order valence-electron chi connectivity index (χ4n) is 1.99. The van der Waals surface area contributed by atoms with Crippen LogP contribution >= 0.6 is 11.8 Å². The van der Waals surface area contributed by atoms with Gasteiger partial charge in [0.2, 0.25) is 0 Å². The number of aliphatic carboxylic acids is 1. The molecule has 20 heavy (non-hydrogen) atoms. The molecule has 0 aliphatic rings. The molecule has 0 radical (unpaired) electrons. The largest absolute Gasteiger partial charge is 0.481 e. The lowest BCUT2D eigenvalue weighted by Crippen LogP contribution is -2.26. The van der Waals surface area contributed by atoms with Gasteiger partial charge in [-0.15, -0.1) is 0 Å². The second-order valence-corrected chi connectivity index (χ2v) is 5.66. The molecule has 7 heteroatoms. The SMILES string of the molecule is CCC(C)n1c(SCC(=O)O)nc2cc(C)[nH]c2c1=O. The Labute approximate surface area is 120 Å². The molecule has 2 N–H and O–H groups in total. The van der Waals surface area contributed by atoms with E-state index in [1.54, 1.807) is 10.6 Å². The number of H-pyrrole nitrogens is 1. The smallest absolute Gasteiger partial charge is 0.313 e. The summed E-state index contributed by atoms with van der Waals surface area (Å²) in [5.74, 6) is -1.04. The number of carboxylic acid groups (broad SMARTS) is 1. The Bertz CT molecular complexity index is 705. The average molecular weight is 295 g/mol. The summed E-state index contributed by atoms with van der Waals surface area (Å²) in [6, 6.07) is 1.77. The molecule has 2 aromatic heterocycles. The van der Waals surface area contributed by atoms with Crippen LogP contribution in [0.3, 0.4) is 0 Å². The van der Waals surface area contributed by atoms with Gasteiger partial charge >= 0.3 is 5.97 Å². The zero-order chi connectivity index (χ0) is 14.9. The van der Waals surface area contributed by atoms with Crippen LogP contribution in [0.25, 0.3) is 11.0 Å². The van der Waals surface area contributed by atoms with Crippen molar-refractivity contribution in [3.63, 3.8) is 0 Å². The van der Waals surface area contributed by atoms with E-state index in [9.17, 15) is 9.59 Å². The van der Waals surface area contributed by atoms with Crippen molar-refractivity contribution in [1.82, 2.24) is 14.5 Å². The summed E-state index contributed by atoms with van der Waals surface area (Å²) in [4.78, 5) is 30.7. The van der Waals surface area contributed by atoms with Crippen molar-refractivity contribution in [2.75, 3.05) is 5.75 Å². The first-order chi connectivity index (χ1) is 9.43. The van der Waals surface area contributed by atoms with Crippen LogP contribution < -0.4 is 5.56 Å². The van der Waals surface area contributed by atoms with Crippen molar-refractivity contribution in [2.24, 2.45) is 0 Å². The van der Waals surface area contributed by atoms with Crippen molar-refractivity contribution < 1.29 is 9.90 Å². The Morgan fingerprint density at radius 1 is 1.60 bits per heavy atom. The van der Waals surface area contributed by atoms with Gasteiger partial charge in [0, 0.05) is 11.7 Å². The average Bonchev–Trinajstić information content (AvgIpc) is 2.76. The van der Waals surface area contributed by atoms with Crippen LogP contribution in [0.2, 0.25) is 0 Å². The van der Waals surface area contributed by atoms with Gasteiger partial charge in [-0.1, -0.05) is 18.7 Å². The van der Waals surface area contributed by atoms with E-state index in [-0.39, 0.29) is 17.4 Å². The van der Waals surface area contributed by atoms with Crippen LogP contribution in [-0.2, 0) is 4.79 Å². The number of aromatic nitrogens is 3. The number of thioether (sulfide) groups is 1. The highest BCUT2D eigenvalue weighted by Crippen LogP contribution is 2.22. The number of aryl methyl sites for hydroxylation is 1. The molecular weight excluding hydrogens is 278 g/mol. The lowest BCUT2D eigenvalue weighted by molar-refractivity contribution is -0.133.